The zero-order valence-electron chi connectivity index (χ0n) is 9.41. The molecule has 0 spiro atoms. The van der Waals surface area contributed by atoms with E-state index in [1.165, 1.54) is 0 Å². The van der Waals surface area contributed by atoms with E-state index in [-0.39, 0.29) is 28.7 Å². The standard InChI is InChI=1S/C8H12F3N3O2S2/c1-18(15,16)5-6(12)14-17-7(5)13-4-2-3-8(9,10)11/h13H,2-4H2,1H3,(H2,12,14). The fraction of sp³-hybridized carbons (Fsp3) is 0.625. The molecule has 0 atom stereocenters. The molecule has 0 amide bonds. The zero-order valence-corrected chi connectivity index (χ0v) is 11.0. The first kappa shape index (κ1) is 15.0. The van der Waals surface area contributed by atoms with Crippen molar-refractivity contribution >= 4 is 32.2 Å². The molecule has 0 unspecified atom stereocenters. The molecule has 0 aliphatic heterocycles. The van der Waals surface area contributed by atoms with Gasteiger partial charge in [-0.15, -0.1) is 0 Å². The highest BCUT2D eigenvalue weighted by Crippen LogP contribution is 2.31. The van der Waals surface area contributed by atoms with E-state index in [1.807, 2.05) is 0 Å². The number of nitrogens with zero attached hydrogens (tertiary/aromatic N) is 1. The molecule has 0 aliphatic carbocycles. The van der Waals surface area contributed by atoms with Crippen LogP contribution in [0.4, 0.5) is 24.0 Å². The van der Waals surface area contributed by atoms with E-state index >= 15 is 0 Å². The van der Waals surface area contributed by atoms with Gasteiger partial charge in [0.05, 0.1) is 0 Å². The van der Waals surface area contributed by atoms with E-state index in [9.17, 15) is 21.6 Å². The van der Waals surface area contributed by atoms with Crippen LogP contribution in [0.3, 0.4) is 0 Å². The normalized spacial score (nSPS) is 12.7. The third kappa shape index (κ3) is 4.33. The van der Waals surface area contributed by atoms with Gasteiger partial charge in [-0.3, -0.25) is 0 Å². The SMILES string of the molecule is CS(=O)(=O)c1c(N)nsc1NCCCC(F)(F)F. The van der Waals surface area contributed by atoms with Crippen LogP contribution in [0, 0.1) is 0 Å². The van der Waals surface area contributed by atoms with Crippen LogP contribution < -0.4 is 11.1 Å². The molecule has 1 aromatic heterocycles. The van der Waals surface area contributed by atoms with Crippen molar-refractivity contribution in [3.8, 4) is 0 Å². The van der Waals surface area contributed by atoms with E-state index in [1.54, 1.807) is 0 Å². The minimum absolute atomic E-state index is 0.00363. The second-order valence-corrected chi connectivity index (χ2v) is 6.37. The molecule has 0 radical (unpaired) electrons. The summed E-state index contributed by atoms with van der Waals surface area (Å²) >= 11 is 0.814. The lowest BCUT2D eigenvalue weighted by Crippen LogP contribution is -2.11. The summed E-state index contributed by atoms with van der Waals surface area (Å²) in [7, 11) is -3.55. The van der Waals surface area contributed by atoms with Crippen LogP contribution in [0.5, 0.6) is 0 Å². The number of hydrogen-bond donors (Lipinski definition) is 2. The number of anilines is 2. The van der Waals surface area contributed by atoms with Gasteiger partial charge in [-0.1, -0.05) is 0 Å². The first-order valence-electron chi connectivity index (χ1n) is 4.87. The van der Waals surface area contributed by atoms with Gasteiger partial charge in [0.15, 0.2) is 15.7 Å². The fourth-order valence-electron chi connectivity index (χ4n) is 1.26. The van der Waals surface area contributed by atoms with Crippen molar-refractivity contribution in [1.29, 1.82) is 0 Å². The molecule has 0 aromatic carbocycles. The van der Waals surface area contributed by atoms with Crippen molar-refractivity contribution in [3.05, 3.63) is 0 Å². The first-order valence-corrected chi connectivity index (χ1v) is 7.53. The highest BCUT2D eigenvalue weighted by Gasteiger charge is 2.26. The van der Waals surface area contributed by atoms with Crippen LogP contribution in [0.1, 0.15) is 12.8 Å². The van der Waals surface area contributed by atoms with Crippen molar-refractivity contribution < 1.29 is 21.6 Å². The van der Waals surface area contributed by atoms with Gasteiger partial charge in [0.1, 0.15) is 9.90 Å². The molecule has 0 aliphatic rings. The van der Waals surface area contributed by atoms with E-state index in [2.05, 4.69) is 9.69 Å². The second-order valence-electron chi connectivity index (χ2n) is 3.64. The van der Waals surface area contributed by atoms with Gasteiger partial charge in [0.25, 0.3) is 0 Å². The molecule has 18 heavy (non-hydrogen) atoms. The molecule has 0 saturated carbocycles. The molecular weight excluding hydrogens is 291 g/mol. The van der Waals surface area contributed by atoms with Gasteiger partial charge in [-0.05, 0) is 18.0 Å². The van der Waals surface area contributed by atoms with E-state index in [4.69, 9.17) is 5.73 Å². The number of nitrogen functional groups attached to an aromatic ring is 1. The molecule has 10 heteroatoms. The summed E-state index contributed by atoms with van der Waals surface area (Å²) in [6.07, 6.45) is -4.32. The Morgan fingerprint density at radius 3 is 2.56 bits per heavy atom. The van der Waals surface area contributed by atoms with E-state index in [0.717, 1.165) is 17.8 Å². The van der Waals surface area contributed by atoms with Crippen LogP contribution in [-0.4, -0.2) is 31.8 Å². The molecule has 0 fully saturated rings. The maximum absolute atomic E-state index is 11.9. The number of nitrogens with two attached hydrogens (primary N) is 1. The number of sulfone groups is 1. The molecule has 3 N–H and O–H groups in total. The molecule has 104 valence electrons. The molecular formula is C8H12F3N3O2S2. The Morgan fingerprint density at radius 2 is 2.06 bits per heavy atom. The number of aromatic nitrogens is 1. The minimum Gasteiger partial charge on any atom is -0.382 e. The summed E-state index contributed by atoms with van der Waals surface area (Å²) < 4.78 is 62.2. The third-order valence-electron chi connectivity index (χ3n) is 1.97. The van der Waals surface area contributed by atoms with Crippen LogP contribution in [0.2, 0.25) is 0 Å². The summed E-state index contributed by atoms with van der Waals surface area (Å²) in [6.45, 7) is 0.00363. The average molecular weight is 303 g/mol. The lowest BCUT2D eigenvalue weighted by molar-refractivity contribution is -0.134. The molecule has 5 nitrogen and oxygen atoms in total. The summed E-state index contributed by atoms with van der Waals surface area (Å²) in [4.78, 5) is -0.153. The Hall–Kier alpha value is -1.03. The molecule has 1 rings (SSSR count). The summed E-state index contributed by atoms with van der Waals surface area (Å²) in [6, 6.07) is 0. The Labute approximate surface area is 106 Å². The third-order valence-corrected chi connectivity index (χ3v) is 4.07. The van der Waals surface area contributed by atoms with Crippen molar-refractivity contribution in [2.45, 2.75) is 23.9 Å². The van der Waals surface area contributed by atoms with Crippen LogP contribution in [0.25, 0.3) is 0 Å². The quantitative estimate of drug-likeness (QED) is 0.811. The van der Waals surface area contributed by atoms with Gasteiger partial charge in [-0.2, -0.15) is 17.5 Å². The topological polar surface area (TPSA) is 85.1 Å². The highest BCUT2D eigenvalue weighted by atomic mass is 32.2. The van der Waals surface area contributed by atoms with Crippen molar-refractivity contribution in [2.24, 2.45) is 0 Å². The predicted molar refractivity (Wildman–Crippen MR) is 63.4 cm³/mol. The molecule has 1 aromatic rings. The number of hydrogen-bond acceptors (Lipinski definition) is 6. The van der Waals surface area contributed by atoms with Gasteiger partial charge in [0.2, 0.25) is 0 Å². The van der Waals surface area contributed by atoms with Gasteiger partial charge in [0, 0.05) is 19.2 Å². The molecule has 0 bridgehead atoms. The zero-order chi connectivity index (χ0) is 14.0. The number of rotatable bonds is 5. The highest BCUT2D eigenvalue weighted by molar-refractivity contribution is 7.91. The lowest BCUT2D eigenvalue weighted by Gasteiger charge is -2.07. The second kappa shape index (κ2) is 5.31. The Kier molecular flexibility index (Phi) is 4.43. The Bertz CT molecular complexity index is 510. The predicted octanol–water partition coefficient (Wildman–Crippen LogP) is 1.88. The maximum atomic E-state index is 11.9. The van der Waals surface area contributed by atoms with Gasteiger partial charge < -0.3 is 11.1 Å². The van der Waals surface area contributed by atoms with E-state index < -0.39 is 22.4 Å². The lowest BCUT2D eigenvalue weighted by atomic mass is 10.3. The summed E-state index contributed by atoms with van der Waals surface area (Å²) in [5, 5.41) is 2.79. The fourth-order valence-corrected chi connectivity index (χ4v) is 3.35. The summed E-state index contributed by atoms with van der Waals surface area (Å²) in [5.41, 5.74) is 5.40. The number of nitrogens with one attached hydrogen (secondary N) is 1. The Balaban J connectivity index is 2.65. The molecule has 1 heterocycles. The van der Waals surface area contributed by atoms with Crippen LogP contribution >= 0.6 is 11.5 Å². The average Bonchev–Trinajstić information content (AvgIpc) is 2.52. The van der Waals surface area contributed by atoms with E-state index in [0.29, 0.717) is 0 Å². The minimum atomic E-state index is -4.21. The summed E-state index contributed by atoms with van der Waals surface area (Å²) in [5.74, 6) is -0.138. The van der Waals surface area contributed by atoms with Gasteiger partial charge >= 0.3 is 6.18 Å². The molecule has 0 saturated heterocycles. The van der Waals surface area contributed by atoms with Crippen LogP contribution in [-0.2, 0) is 9.84 Å². The Morgan fingerprint density at radius 1 is 1.44 bits per heavy atom. The number of halogens is 3. The monoisotopic (exact) mass is 303 g/mol. The van der Waals surface area contributed by atoms with Crippen molar-refractivity contribution in [1.82, 2.24) is 4.37 Å². The van der Waals surface area contributed by atoms with Gasteiger partial charge in [-0.25, -0.2) is 8.42 Å². The smallest absolute Gasteiger partial charge is 0.382 e. The van der Waals surface area contributed by atoms with Crippen LogP contribution in [0.15, 0.2) is 4.90 Å². The number of alkyl halides is 3. The first-order chi connectivity index (χ1) is 8.11. The largest absolute Gasteiger partial charge is 0.389 e. The van der Waals surface area contributed by atoms with Crippen molar-refractivity contribution in [2.75, 3.05) is 23.9 Å². The maximum Gasteiger partial charge on any atom is 0.389 e. The van der Waals surface area contributed by atoms with Crippen molar-refractivity contribution in [3.63, 3.8) is 0 Å².